The predicted octanol–water partition coefficient (Wildman–Crippen LogP) is 3.73. The Balaban J connectivity index is 1.58. The monoisotopic (exact) mass is 375 g/mol. The first-order valence-electron chi connectivity index (χ1n) is 9.44. The highest BCUT2D eigenvalue weighted by Crippen LogP contribution is 2.30. The topological polar surface area (TPSA) is 77.9 Å². The second-order valence-corrected chi connectivity index (χ2v) is 6.91. The van der Waals surface area contributed by atoms with Gasteiger partial charge in [-0.15, -0.1) is 0 Å². The average molecular weight is 375 g/mol. The highest BCUT2D eigenvalue weighted by Gasteiger charge is 2.25. The predicted molar refractivity (Wildman–Crippen MR) is 105 cm³/mol. The zero-order valence-corrected chi connectivity index (χ0v) is 15.6. The molecule has 1 fully saturated rings. The maximum atomic E-state index is 5.81. The molecule has 1 unspecified atom stereocenters. The molecule has 7 nitrogen and oxygen atoms in total. The number of nitrogens with one attached hydrogen (secondary N) is 1. The maximum Gasteiger partial charge on any atom is 0.214 e. The van der Waals surface area contributed by atoms with E-state index in [1.165, 1.54) is 5.56 Å². The van der Waals surface area contributed by atoms with Gasteiger partial charge in [-0.05, 0) is 30.5 Å². The molecule has 28 heavy (non-hydrogen) atoms. The van der Waals surface area contributed by atoms with E-state index in [0.29, 0.717) is 12.4 Å². The number of hydrogen-bond donors (Lipinski definition) is 1. The van der Waals surface area contributed by atoms with Crippen molar-refractivity contribution >= 4 is 11.0 Å². The summed E-state index contributed by atoms with van der Waals surface area (Å²) in [6, 6.07) is 16.2. The Kier molecular flexibility index (Phi) is 4.29. The summed E-state index contributed by atoms with van der Waals surface area (Å²) in [6.45, 7) is 1.41. The number of aromatic amines is 1. The number of H-pyrrole nitrogens is 1. The molecule has 0 saturated carbocycles. The van der Waals surface area contributed by atoms with Gasteiger partial charge in [-0.1, -0.05) is 30.3 Å². The number of methoxy groups -OCH3 is 1. The minimum atomic E-state index is -0.0293. The minimum absolute atomic E-state index is 0.0293. The van der Waals surface area contributed by atoms with Crippen molar-refractivity contribution in [2.75, 3.05) is 13.7 Å². The molecule has 1 saturated heterocycles. The van der Waals surface area contributed by atoms with Crippen LogP contribution in [0, 0.1) is 0 Å². The highest BCUT2D eigenvalue weighted by molar-refractivity contribution is 5.82. The van der Waals surface area contributed by atoms with Crippen molar-refractivity contribution < 1.29 is 9.47 Å². The van der Waals surface area contributed by atoms with Crippen LogP contribution in [0.25, 0.3) is 22.6 Å². The summed E-state index contributed by atoms with van der Waals surface area (Å²) in [5.74, 6) is 2.10. The Labute approximate surface area is 162 Å². The molecule has 0 radical (unpaired) electrons. The van der Waals surface area contributed by atoms with Crippen molar-refractivity contribution in [3.8, 4) is 17.4 Å². The van der Waals surface area contributed by atoms with E-state index in [9.17, 15) is 0 Å². The van der Waals surface area contributed by atoms with Gasteiger partial charge in [0.15, 0.2) is 11.6 Å². The molecule has 0 bridgehead atoms. The van der Waals surface area contributed by atoms with Crippen molar-refractivity contribution in [3.63, 3.8) is 0 Å². The van der Waals surface area contributed by atoms with Crippen molar-refractivity contribution in [2.45, 2.75) is 25.5 Å². The van der Waals surface area contributed by atoms with Crippen LogP contribution in [-0.2, 0) is 11.3 Å². The standard InChI is InChI=1S/C21H21N5O2/c1-27-18-10-9-15-12-16(22-19(15)23-18)21-24-20(17-8-5-11-28-17)25-26(21)13-14-6-3-2-4-7-14/h2-4,6-7,9-10,12,17H,5,8,11,13H2,1H3,(H,22,23). The van der Waals surface area contributed by atoms with Gasteiger partial charge in [0, 0.05) is 18.1 Å². The van der Waals surface area contributed by atoms with E-state index in [1.807, 2.05) is 41.1 Å². The summed E-state index contributed by atoms with van der Waals surface area (Å²) in [6.07, 6.45) is 1.97. The number of hydrogen-bond acceptors (Lipinski definition) is 5. The molecule has 1 aromatic carbocycles. The molecule has 4 heterocycles. The molecule has 0 aliphatic carbocycles. The number of rotatable bonds is 5. The van der Waals surface area contributed by atoms with Crippen molar-refractivity contribution in [1.29, 1.82) is 0 Å². The van der Waals surface area contributed by atoms with E-state index in [-0.39, 0.29) is 6.10 Å². The fourth-order valence-electron chi connectivity index (χ4n) is 3.57. The SMILES string of the molecule is COc1ccc2cc(-c3nc(C4CCCO4)nn3Cc3ccccc3)[nH]c2n1. The summed E-state index contributed by atoms with van der Waals surface area (Å²) in [5, 5.41) is 5.79. The molecular weight excluding hydrogens is 354 g/mol. The quantitative estimate of drug-likeness (QED) is 0.575. The molecule has 0 amide bonds. The van der Waals surface area contributed by atoms with E-state index in [0.717, 1.165) is 47.8 Å². The molecule has 1 atom stereocenters. The summed E-state index contributed by atoms with van der Waals surface area (Å²) < 4.78 is 13.0. The van der Waals surface area contributed by atoms with Gasteiger partial charge in [-0.3, -0.25) is 0 Å². The number of nitrogens with zero attached hydrogens (tertiary/aromatic N) is 4. The van der Waals surface area contributed by atoms with Crippen LogP contribution < -0.4 is 4.74 Å². The number of aromatic nitrogens is 5. The minimum Gasteiger partial charge on any atom is -0.481 e. The van der Waals surface area contributed by atoms with E-state index in [4.69, 9.17) is 19.6 Å². The number of benzene rings is 1. The number of fused-ring (bicyclic) bond motifs is 1. The van der Waals surface area contributed by atoms with Crippen LogP contribution >= 0.6 is 0 Å². The largest absolute Gasteiger partial charge is 0.481 e. The molecule has 1 aliphatic heterocycles. The normalized spacial score (nSPS) is 16.7. The second-order valence-electron chi connectivity index (χ2n) is 6.91. The molecule has 4 aromatic rings. The molecule has 142 valence electrons. The summed E-state index contributed by atoms with van der Waals surface area (Å²) in [4.78, 5) is 12.7. The fraction of sp³-hybridized carbons (Fsp3) is 0.286. The molecule has 1 aliphatic rings. The maximum absolute atomic E-state index is 5.81. The lowest BCUT2D eigenvalue weighted by Gasteiger charge is -2.05. The van der Waals surface area contributed by atoms with Gasteiger partial charge >= 0.3 is 0 Å². The van der Waals surface area contributed by atoms with Gasteiger partial charge in [0.2, 0.25) is 5.88 Å². The van der Waals surface area contributed by atoms with Crippen molar-refractivity contribution in [2.24, 2.45) is 0 Å². The zero-order valence-electron chi connectivity index (χ0n) is 15.6. The lowest BCUT2D eigenvalue weighted by Crippen LogP contribution is -2.05. The Hall–Kier alpha value is -3.19. The molecule has 0 spiro atoms. The van der Waals surface area contributed by atoms with Crippen LogP contribution in [-0.4, -0.2) is 38.4 Å². The Morgan fingerprint density at radius 1 is 1.18 bits per heavy atom. The van der Waals surface area contributed by atoms with Crippen molar-refractivity contribution in [1.82, 2.24) is 24.7 Å². The third-order valence-electron chi connectivity index (χ3n) is 4.98. The third kappa shape index (κ3) is 3.14. The van der Waals surface area contributed by atoms with Crippen LogP contribution in [0.3, 0.4) is 0 Å². The zero-order chi connectivity index (χ0) is 18.9. The fourth-order valence-corrected chi connectivity index (χ4v) is 3.57. The lowest BCUT2D eigenvalue weighted by molar-refractivity contribution is 0.105. The Morgan fingerprint density at radius 3 is 2.86 bits per heavy atom. The van der Waals surface area contributed by atoms with E-state index in [1.54, 1.807) is 7.11 Å². The van der Waals surface area contributed by atoms with Gasteiger partial charge in [0.1, 0.15) is 11.8 Å². The first-order chi connectivity index (χ1) is 13.8. The summed E-state index contributed by atoms with van der Waals surface area (Å²) >= 11 is 0. The smallest absolute Gasteiger partial charge is 0.214 e. The van der Waals surface area contributed by atoms with Crippen molar-refractivity contribution in [3.05, 3.63) is 59.9 Å². The van der Waals surface area contributed by atoms with Crippen LogP contribution in [0.15, 0.2) is 48.5 Å². The summed E-state index contributed by atoms with van der Waals surface area (Å²) in [5.41, 5.74) is 2.81. The van der Waals surface area contributed by atoms with Crippen LogP contribution in [0.1, 0.15) is 30.3 Å². The average Bonchev–Trinajstić information content (AvgIpc) is 3.47. The van der Waals surface area contributed by atoms with Gasteiger partial charge in [0.05, 0.1) is 19.3 Å². The Bertz CT molecular complexity index is 1100. The molecule has 3 aromatic heterocycles. The molecular formula is C21H21N5O2. The Morgan fingerprint density at radius 2 is 2.07 bits per heavy atom. The van der Waals surface area contributed by atoms with Gasteiger partial charge < -0.3 is 14.5 Å². The van der Waals surface area contributed by atoms with Gasteiger partial charge in [0.25, 0.3) is 0 Å². The van der Waals surface area contributed by atoms with Gasteiger partial charge in [-0.2, -0.15) is 10.1 Å². The number of pyridine rings is 1. The highest BCUT2D eigenvalue weighted by atomic mass is 16.5. The third-order valence-corrected chi connectivity index (χ3v) is 4.98. The van der Waals surface area contributed by atoms with E-state index in [2.05, 4.69) is 22.1 Å². The summed E-state index contributed by atoms with van der Waals surface area (Å²) in [7, 11) is 1.61. The number of ether oxygens (including phenoxy) is 2. The van der Waals surface area contributed by atoms with Crippen LogP contribution in [0.2, 0.25) is 0 Å². The lowest BCUT2D eigenvalue weighted by atomic mass is 10.2. The van der Waals surface area contributed by atoms with E-state index >= 15 is 0 Å². The first kappa shape index (κ1) is 16.9. The first-order valence-corrected chi connectivity index (χ1v) is 9.44. The van der Waals surface area contributed by atoms with Gasteiger partial charge in [-0.25, -0.2) is 9.67 Å². The van der Waals surface area contributed by atoms with E-state index < -0.39 is 0 Å². The molecule has 7 heteroatoms. The van der Waals surface area contributed by atoms with Crippen LogP contribution in [0.4, 0.5) is 0 Å². The molecule has 5 rings (SSSR count). The molecule has 1 N–H and O–H groups in total. The van der Waals surface area contributed by atoms with Crippen LogP contribution in [0.5, 0.6) is 5.88 Å². The second kappa shape index (κ2) is 7.09.